The van der Waals surface area contributed by atoms with Gasteiger partial charge in [-0.3, -0.25) is 4.90 Å². The number of phenols is 1. The first-order valence-corrected chi connectivity index (χ1v) is 11.8. The monoisotopic (exact) mass is 498 g/mol. The number of anilines is 1. The van der Waals surface area contributed by atoms with Crippen LogP contribution in [0.15, 0.2) is 83.0 Å². The lowest BCUT2D eigenvalue weighted by Crippen LogP contribution is -2.46. The molecule has 0 aliphatic carbocycles. The van der Waals surface area contributed by atoms with Crippen molar-refractivity contribution in [2.75, 3.05) is 18.6 Å². The van der Waals surface area contributed by atoms with Crippen LogP contribution in [0.2, 0.25) is 0 Å². The number of methoxy groups -OCH3 is 1. The SMILES string of the molecule is CCOc1ccc(N2C(=O)NC(c3ccc(OC)c(O)c3)C(c3nc(-c4ccccc4)no3)=C2C)cc1. The number of hydrogen-bond acceptors (Lipinski definition) is 7. The zero-order valence-electron chi connectivity index (χ0n) is 20.6. The maximum absolute atomic E-state index is 13.4. The highest BCUT2D eigenvalue weighted by Crippen LogP contribution is 2.41. The third-order valence-electron chi connectivity index (χ3n) is 6.12. The number of amides is 2. The molecule has 1 unspecified atom stereocenters. The molecule has 0 spiro atoms. The lowest BCUT2D eigenvalue weighted by atomic mass is 9.94. The summed E-state index contributed by atoms with van der Waals surface area (Å²) in [5.41, 5.74) is 3.29. The maximum Gasteiger partial charge on any atom is 0.326 e. The zero-order chi connectivity index (χ0) is 25.9. The van der Waals surface area contributed by atoms with Gasteiger partial charge in [0.05, 0.1) is 31.0 Å². The highest BCUT2D eigenvalue weighted by molar-refractivity contribution is 6.01. The molecule has 1 aliphatic rings. The molecule has 0 bridgehead atoms. The molecule has 1 atom stereocenters. The molecule has 2 N–H and O–H groups in total. The number of aromatic hydroxyl groups is 1. The number of benzene rings is 3. The van der Waals surface area contributed by atoms with Crippen molar-refractivity contribution in [3.8, 4) is 28.6 Å². The molecule has 2 amide bonds. The summed E-state index contributed by atoms with van der Waals surface area (Å²) in [6.45, 7) is 4.29. The zero-order valence-corrected chi connectivity index (χ0v) is 20.6. The summed E-state index contributed by atoms with van der Waals surface area (Å²) >= 11 is 0. The second kappa shape index (κ2) is 10.1. The first-order valence-electron chi connectivity index (χ1n) is 11.8. The van der Waals surface area contributed by atoms with Gasteiger partial charge in [0.25, 0.3) is 5.89 Å². The van der Waals surface area contributed by atoms with Crippen LogP contribution in [-0.2, 0) is 0 Å². The van der Waals surface area contributed by atoms with Crippen LogP contribution in [0.1, 0.15) is 31.3 Å². The van der Waals surface area contributed by atoms with E-state index >= 15 is 0 Å². The third-order valence-corrected chi connectivity index (χ3v) is 6.12. The molecule has 9 nitrogen and oxygen atoms in total. The molecule has 0 radical (unpaired) electrons. The normalized spacial score (nSPS) is 15.5. The molecule has 188 valence electrons. The summed E-state index contributed by atoms with van der Waals surface area (Å²) < 4.78 is 16.5. The van der Waals surface area contributed by atoms with E-state index < -0.39 is 6.04 Å². The Labute approximate surface area is 214 Å². The van der Waals surface area contributed by atoms with Crippen LogP contribution in [0.3, 0.4) is 0 Å². The number of allylic oxidation sites excluding steroid dienone is 1. The fourth-order valence-corrected chi connectivity index (χ4v) is 4.36. The molecule has 0 saturated heterocycles. The van der Waals surface area contributed by atoms with Gasteiger partial charge in [-0.05, 0) is 55.8 Å². The Balaban J connectivity index is 1.63. The van der Waals surface area contributed by atoms with E-state index in [0.717, 1.165) is 5.56 Å². The Hall–Kier alpha value is -4.79. The van der Waals surface area contributed by atoms with Gasteiger partial charge < -0.3 is 24.4 Å². The Kier molecular flexibility index (Phi) is 6.51. The lowest BCUT2D eigenvalue weighted by Gasteiger charge is -2.35. The minimum Gasteiger partial charge on any atom is -0.504 e. The molecule has 4 aromatic rings. The lowest BCUT2D eigenvalue weighted by molar-refractivity contribution is 0.244. The number of carbonyl (C=O) groups excluding carboxylic acids is 1. The highest BCUT2D eigenvalue weighted by Gasteiger charge is 2.37. The van der Waals surface area contributed by atoms with Gasteiger partial charge in [-0.25, -0.2) is 4.79 Å². The molecule has 2 heterocycles. The largest absolute Gasteiger partial charge is 0.504 e. The Bertz CT molecular complexity index is 1450. The van der Waals surface area contributed by atoms with Gasteiger partial charge in [0.2, 0.25) is 5.82 Å². The minimum atomic E-state index is -0.660. The van der Waals surface area contributed by atoms with Gasteiger partial charge in [-0.1, -0.05) is 41.6 Å². The molecular formula is C28H26N4O5. The van der Waals surface area contributed by atoms with Crippen LogP contribution >= 0.6 is 0 Å². The van der Waals surface area contributed by atoms with Crippen LogP contribution in [0.25, 0.3) is 17.0 Å². The number of phenolic OH excluding ortho intramolecular Hbond substituents is 1. The number of nitrogens with one attached hydrogen (secondary N) is 1. The molecule has 0 fully saturated rings. The summed E-state index contributed by atoms with van der Waals surface area (Å²) in [4.78, 5) is 19.6. The molecule has 1 aromatic heterocycles. The van der Waals surface area contributed by atoms with Crippen LogP contribution in [0.5, 0.6) is 17.2 Å². The molecular weight excluding hydrogens is 472 g/mol. The van der Waals surface area contributed by atoms with Crippen molar-refractivity contribution in [3.05, 3.63) is 89.9 Å². The Morgan fingerprint density at radius 1 is 1.08 bits per heavy atom. The fourth-order valence-electron chi connectivity index (χ4n) is 4.36. The topological polar surface area (TPSA) is 110 Å². The first-order chi connectivity index (χ1) is 18.0. The number of rotatable bonds is 7. The molecule has 1 aliphatic heterocycles. The summed E-state index contributed by atoms with van der Waals surface area (Å²) in [5.74, 6) is 1.68. The Morgan fingerprint density at radius 3 is 2.51 bits per heavy atom. The van der Waals surface area contributed by atoms with E-state index in [-0.39, 0.29) is 17.7 Å². The molecule has 9 heteroatoms. The van der Waals surface area contributed by atoms with Crippen molar-refractivity contribution in [2.45, 2.75) is 19.9 Å². The summed E-state index contributed by atoms with van der Waals surface area (Å²) in [6.07, 6.45) is 0. The average Bonchev–Trinajstić information content (AvgIpc) is 3.40. The number of nitrogens with zero attached hydrogens (tertiary/aromatic N) is 3. The number of urea groups is 1. The van der Waals surface area contributed by atoms with Crippen molar-refractivity contribution in [3.63, 3.8) is 0 Å². The quantitative estimate of drug-likeness (QED) is 0.344. The van der Waals surface area contributed by atoms with E-state index in [4.69, 9.17) is 14.0 Å². The predicted octanol–water partition coefficient (Wildman–Crippen LogP) is 5.55. The van der Waals surface area contributed by atoms with Gasteiger partial charge in [0.15, 0.2) is 11.5 Å². The first kappa shape index (κ1) is 23.9. The van der Waals surface area contributed by atoms with Crippen LogP contribution in [-0.4, -0.2) is 35.0 Å². The van der Waals surface area contributed by atoms with Crippen LogP contribution < -0.4 is 19.7 Å². The average molecular weight is 499 g/mol. The highest BCUT2D eigenvalue weighted by atomic mass is 16.5. The fraction of sp³-hybridized carbons (Fsp3) is 0.179. The van der Waals surface area contributed by atoms with Gasteiger partial charge >= 0.3 is 6.03 Å². The van der Waals surface area contributed by atoms with Crippen molar-refractivity contribution < 1.29 is 23.9 Å². The van der Waals surface area contributed by atoms with Gasteiger partial charge in [0.1, 0.15) is 5.75 Å². The van der Waals surface area contributed by atoms with Gasteiger partial charge in [-0.2, -0.15) is 4.98 Å². The van der Waals surface area contributed by atoms with Gasteiger partial charge in [0, 0.05) is 11.3 Å². The number of hydrogen-bond donors (Lipinski definition) is 2. The number of ether oxygens (including phenoxy) is 2. The van der Waals surface area contributed by atoms with E-state index in [2.05, 4.69) is 15.5 Å². The standard InChI is InChI=1S/C28H26N4O5/c1-4-36-21-13-11-20(12-14-21)32-17(2)24(27-30-26(31-37-27)18-8-6-5-7-9-18)25(29-28(32)34)19-10-15-23(35-3)22(33)16-19/h5-16,25,33H,4H2,1-3H3,(H,29,34). The van der Waals surface area contributed by atoms with E-state index in [0.29, 0.717) is 46.5 Å². The smallest absolute Gasteiger partial charge is 0.326 e. The third kappa shape index (κ3) is 4.58. The van der Waals surface area contributed by atoms with E-state index in [1.165, 1.54) is 7.11 Å². The van der Waals surface area contributed by atoms with Crippen LogP contribution in [0.4, 0.5) is 10.5 Å². The molecule has 3 aromatic carbocycles. The Morgan fingerprint density at radius 2 is 1.84 bits per heavy atom. The summed E-state index contributed by atoms with van der Waals surface area (Å²) in [7, 11) is 1.48. The predicted molar refractivity (Wildman–Crippen MR) is 138 cm³/mol. The molecule has 0 saturated carbocycles. The second-order valence-corrected chi connectivity index (χ2v) is 8.36. The number of aromatic nitrogens is 2. The summed E-state index contributed by atoms with van der Waals surface area (Å²) in [6, 6.07) is 20.7. The maximum atomic E-state index is 13.4. The van der Waals surface area contributed by atoms with E-state index in [9.17, 15) is 9.90 Å². The molecule has 37 heavy (non-hydrogen) atoms. The summed E-state index contributed by atoms with van der Waals surface area (Å²) in [5, 5.41) is 17.6. The van der Waals surface area contributed by atoms with Crippen molar-refractivity contribution in [1.82, 2.24) is 15.5 Å². The van der Waals surface area contributed by atoms with E-state index in [1.807, 2.05) is 68.4 Å². The molecule has 5 rings (SSSR count). The second-order valence-electron chi connectivity index (χ2n) is 8.36. The van der Waals surface area contributed by atoms with Crippen molar-refractivity contribution in [2.24, 2.45) is 0 Å². The number of carbonyl (C=O) groups is 1. The van der Waals surface area contributed by atoms with E-state index in [1.54, 1.807) is 23.1 Å². The van der Waals surface area contributed by atoms with Crippen molar-refractivity contribution in [1.29, 1.82) is 0 Å². The van der Waals surface area contributed by atoms with Crippen molar-refractivity contribution >= 4 is 17.3 Å². The van der Waals surface area contributed by atoms with Crippen LogP contribution in [0, 0.1) is 0 Å². The minimum absolute atomic E-state index is 0.0456. The van der Waals surface area contributed by atoms with Gasteiger partial charge in [-0.15, -0.1) is 0 Å².